The van der Waals surface area contributed by atoms with Crippen LogP contribution in [0.5, 0.6) is 0 Å². The zero-order valence-corrected chi connectivity index (χ0v) is 32.6. The normalized spacial score (nSPS) is 45.1. The summed E-state index contributed by atoms with van der Waals surface area (Å²) in [7, 11) is 7.60. The number of ether oxygens (including phenoxy) is 7. The number of hydrogen-bond acceptors (Lipinski definition) is 10. The Bertz CT molecular complexity index is 1280. The van der Waals surface area contributed by atoms with Gasteiger partial charge in [0.05, 0.1) is 36.9 Å². The van der Waals surface area contributed by atoms with Gasteiger partial charge in [-0.3, -0.25) is 9.59 Å². The number of nitrogens with zero attached hydrogens (tertiary/aromatic N) is 1. The molecule has 3 aliphatic heterocycles. The fraction of sp³-hybridized carbons (Fsp3) is 0.854. The topological polar surface area (TPSA) is 102 Å². The van der Waals surface area contributed by atoms with Crippen LogP contribution in [0.3, 0.4) is 0 Å². The number of cyclic esters (lactones) is 1. The molecule has 0 radical (unpaired) electrons. The van der Waals surface area contributed by atoms with Gasteiger partial charge in [0.2, 0.25) is 0 Å². The minimum Gasteiger partial charge on any atom is -0.462 e. The summed E-state index contributed by atoms with van der Waals surface area (Å²) in [5, 5.41) is 0. The molecule has 288 valence electrons. The van der Waals surface area contributed by atoms with E-state index in [1.807, 2.05) is 13.8 Å². The molecule has 0 N–H and O–H groups in total. The highest BCUT2D eigenvalue weighted by Gasteiger charge is 2.52. The molecule has 51 heavy (non-hydrogen) atoms. The third-order valence-electron chi connectivity index (χ3n) is 13.3. The molecule has 3 saturated heterocycles. The summed E-state index contributed by atoms with van der Waals surface area (Å²) in [6.45, 7) is 10.5. The summed E-state index contributed by atoms with van der Waals surface area (Å²) < 4.78 is 43.6. The van der Waals surface area contributed by atoms with Crippen molar-refractivity contribution < 1.29 is 42.7 Å². The number of ketones is 1. The molecule has 1 saturated carbocycles. The molecule has 0 unspecified atom stereocenters. The fourth-order valence-electron chi connectivity index (χ4n) is 10.5. The number of methoxy groups -OCH3 is 2. The first kappa shape index (κ1) is 39.0. The second-order valence-corrected chi connectivity index (χ2v) is 16.6. The van der Waals surface area contributed by atoms with Gasteiger partial charge in [0.15, 0.2) is 18.4 Å². The smallest absolute Gasteiger partial charge is 0.306 e. The highest BCUT2D eigenvalue weighted by molar-refractivity contribution is 5.99. The Labute approximate surface area is 306 Å². The van der Waals surface area contributed by atoms with Crippen molar-refractivity contribution in [2.75, 3.05) is 28.3 Å². The van der Waals surface area contributed by atoms with E-state index in [1.54, 1.807) is 14.2 Å². The number of likely N-dealkylation sites (N-methyl/N-ethyl adjacent to an activating group) is 1. The predicted octanol–water partition coefficient (Wildman–Crippen LogP) is 6.25. The van der Waals surface area contributed by atoms with Gasteiger partial charge in [-0.25, -0.2) is 0 Å². The van der Waals surface area contributed by atoms with E-state index in [0.29, 0.717) is 24.3 Å². The van der Waals surface area contributed by atoms with E-state index in [-0.39, 0.29) is 97.2 Å². The van der Waals surface area contributed by atoms with Crippen LogP contribution in [0.15, 0.2) is 23.3 Å². The number of esters is 1. The number of rotatable bonds is 8. The zero-order valence-electron chi connectivity index (χ0n) is 32.6. The third-order valence-corrected chi connectivity index (χ3v) is 13.3. The Morgan fingerprint density at radius 3 is 2.27 bits per heavy atom. The standard InChI is InChI=1S/C41H65NO9/c1-10-26-12-11-13-35(51-38-15-14-34(42(6)7)24(4)47-38)23(3)40(44)33-19-31-29(32(33)20-37(43)49-26)16-22(2)28-17-27(18-30(28)31)50-39-21-36(45-8)41(46-9)25(5)48-39/h16,19,23-32,34-36,38-39,41H,10-15,17-18,20-21H2,1-9H3/t23-,24-,25+,26+,27+,28-,29+,30+,31-,32+,34+,35+,36+,38+,39+,41+/m1/s1. The minimum absolute atomic E-state index is 0.0357. The molecular weight excluding hydrogens is 650 g/mol. The van der Waals surface area contributed by atoms with Gasteiger partial charge in [-0.05, 0) is 115 Å². The molecule has 3 aliphatic carbocycles. The number of allylic oxidation sites excluding steroid dienone is 4. The Morgan fingerprint density at radius 2 is 1.59 bits per heavy atom. The minimum atomic E-state index is -0.357. The summed E-state index contributed by atoms with van der Waals surface area (Å²) in [6.07, 6.45) is 10.7. The molecule has 0 spiro atoms. The average Bonchev–Trinajstić information content (AvgIpc) is 3.67. The Morgan fingerprint density at radius 1 is 0.824 bits per heavy atom. The van der Waals surface area contributed by atoms with Crippen molar-refractivity contribution in [3.05, 3.63) is 23.3 Å². The van der Waals surface area contributed by atoms with Crippen LogP contribution in [-0.2, 0) is 42.7 Å². The van der Waals surface area contributed by atoms with Crippen molar-refractivity contribution in [1.82, 2.24) is 4.90 Å². The molecule has 0 aromatic heterocycles. The molecule has 10 nitrogen and oxygen atoms in total. The Kier molecular flexibility index (Phi) is 12.8. The molecule has 0 bridgehead atoms. The van der Waals surface area contributed by atoms with Gasteiger partial charge in [0, 0.05) is 38.5 Å². The maximum Gasteiger partial charge on any atom is 0.306 e. The van der Waals surface area contributed by atoms with E-state index in [4.69, 9.17) is 33.2 Å². The lowest BCUT2D eigenvalue weighted by Crippen LogP contribution is -2.50. The van der Waals surface area contributed by atoms with E-state index in [2.05, 4.69) is 51.9 Å². The number of carbonyl (C=O) groups excluding carboxylic acids is 2. The lowest BCUT2D eigenvalue weighted by atomic mass is 9.67. The van der Waals surface area contributed by atoms with E-state index in [1.165, 1.54) is 5.57 Å². The maximum atomic E-state index is 14.7. The van der Waals surface area contributed by atoms with Gasteiger partial charge >= 0.3 is 5.97 Å². The van der Waals surface area contributed by atoms with Crippen LogP contribution in [-0.4, -0.2) is 106 Å². The molecule has 6 aliphatic rings. The lowest BCUT2D eigenvalue weighted by Gasteiger charge is -2.40. The van der Waals surface area contributed by atoms with Gasteiger partial charge < -0.3 is 38.1 Å². The summed E-state index contributed by atoms with van der Waals surface area (Å²) in [4.78, 5) is 30.4. The molecular formula is C41H65NO9. The summed E-state index contributed by atoms with van der Waals surface area (Å²) in [6, 6.07) is 0.345. The highest BCUT2D eigenvalue weighted by Crippen LogP contribution is 2.56. The Hall–Kier alpha value is -1.66. The number of carbonyl (C=O) groups is 2. The third kappa shape index (κ3) is 8.37. The number of hydrogen-bond donors (Lipinski definition) is 0. The van der Waals surface area contributed by atoms with E-state index < -0.39 is 0 Å². The van der Waals surface area contributed by atoms with Crippen LogP contribution in [0.1, 0.15) is 98.8 Å². The van der Waals surface area contributed by atoms with Crippen molar-refractivity contribution in [3.63, 3.8) is 0 Å². The van der Waals surface area contributed by atoms with Gasteiger partial charge in [-0.1, -0.05) is 31.6 Å². The average molecular weight is 716 g/mol. The van der Waals surface area contributed by atoms with Crippen molar-refractivity contribution >= 4 is 11.8 Å². The van der Waals surface area contributed by atoms with Gasteiger partial charge in [-0.15, -0.1) is 0 Å². The van der Waals surface area contributed by atoms with Crippen LogP contribution in [0.25, 0.3) is 0 Å². The molecule has 3 heterocycles. The van der Waals surface area contributed by atoms with Crippen LogP contribution in [0.2, 0.25) is 0 Å². The summed E-state index contributed by atoms with van der Waals surface area (Å²) in [5.41, 5.74) is 2.12. The zero-order chi connectivity index (χ0) is 36.6. The van der Waals surface area contributed by atoms with Crippen LogP contribution >= 0.6 is 0 Å². The molecule has 0 amide bonds. The second kappa shape index (κ2) is 16.8. The summed E-state index contributed by atoms with van der Waals surface area (Å²) >= 11 is 0. The van der Waals surface area contributed by atoms with Crippen molar-refractivity contribution in [2.45, 2.75) is 160 Å². The highest BCUT2D eigenvalue weighted by atomic mass is 16.7. The molecule has 4 fully saturated rings. The molecule has 10 heteroatoms. The molecule has 0 aromatic rings. The van der Waals surface area contributed by atoms with Crippen LogP contribution in [0.4, 0.5) is 0 Å². The Balaban J connectivity index is 1.21. The quantitative estimate of drug-likeness (QED) is 0.212. The monoisotopic (exact) mass is 715 g/mol. The largest absolute Gasteiger partial charge is 0.462 e. The SMILES string of the molecule is CC[C@H]1CCC[C@H](O[C@H]2CC[C@H](N(C)C)[C@@H](C)O2)[C@@H](C)C(=O)C2=C[C@@H]3[C@H](C=C(C)[C@H]4C[C@H](O[C@H]5C[C@H](OC)[C@@H](OC)[C@H](C)O5)C[C@H]34)[C@@H]2CC(=O)O1. The number of Topliss-reactive ketones (excluding diaryl/α,β-unsaturated/α-hetero) is 1. The van der Waals surface area contributed by atoms with Gasteiger partial charge in [-0.2, -0.15) is 0 Å². The van der Waals surface area contributed by atoms with Gasteiger partial charge in [0.1, 0.15) is 12.2 Å². The van der Waals surface area contributed by atoms with Crippen LogP contribution in [0, 0.1) is 35.5 Å². The number of fused-ring (bicyclic) bond motifs is 5. The van der Waals surface area contributed by atoms with E-state index >= 15 is 0 Å². The second-order valence-electron chi connectivity index (χ2n) is 16.6. The van der Waals surface area contributed by atoms with Crippen molar-refractivity contribution in [2.24, 2.45) is 35.5 Å². The molecule has 0 aromatic carbocycles. The van der Waals surface area contributed by atoms with Crippen molar-refractivity contribution in [3.8, 4) is 0 Å². The molecule has 16 atom stereocenters. The summed E-state index contributed by atoms with van der Waals surface area (Å²) in [5.74, 6) is 0.251. The first-order valence-corrected chi connectivity index (χ1v) is 19.9. The van der Waals surface area contributed by atoms with Crippen LogP contribution < -0.4 is 0 Å². The first-order chi connectivity index (χ1) is 24.4. The van der Waals surface area contributed by atoms with Gasteiger partial charge in [0.25, 0.3) is 0 Å². The fourth-order valence-corrected chi connectivity index (χ4v) is 10.5. The van der Waals surface area contributed by atoms with Crippen molar-refractivity contribution in [1.29, 1.82) is 0 Å². The first-order valence-electron chi connectivity index (χ1n) is 19.9. The van der Waals surface area contributed by atoms with E-state index in [0.717, 1.165) is 56.9 Å². The predicted molar refractivity (Wildman–Crippen MR) is 193 cm³/mol. The molecule has 6 rings (SSSR count). The lowest BCUT2D eigenvalue weighted by molar-refractivity contribution is -0.266. The maximum absolute atomic E-state index is 14.7. The van der Waals surface area contributed by atoms with E-state index in [9.17, 15) is 9.59 Å².